The SMILES string of the molecule is CC(C)c1ccc(CC(N)c2cc(F)cc(F)c2)cc1. The Kier molecular flexibility index (Phi) is 4.50. The molecule has 0 spiro atoms. The molecule has 1 nitrogen and oxygen atoms in total. The van der Waals surface area contributed by atoms with Crippen LogP contribution in [-0.2, 0) is 6.42 Å². The molecule has 0 fully saturated rings. The summed E-state index contributed by atoms with van der Waals surface area (Å²) in [5.74, 6) is -0.703. The molecule has 3 heteroatoms. The molecule has 0 saturated heterocycles. The second-order valence-corrected chi connectivity index (χ2v) is 5.41. The molecule has 0 aliphatic heterocycles. The topological polar surface area (TPSA) is 26.0 Å². The summed E-state index contributed by atoms with van der Waals surface area (Å²) in [5, 5.41) is 0. The molecule has 0 radical (unpaired) electrons. The summed E-state index contributed by atoms with van der Waals surface area (Å²) in [5.41, 5.74) is 8.84. The lowest BCUT2D eigenvalue weighted by atomic mass is 9.96. The summed E-state index contributed by atoms with van der Waals surface area (Å²) >= 11 is 0. The maximum atomic E-state index is 13.2. The normalized spacial score (nSPS) is 12.7. The number of rotatable bonds is 4. The molecule has 0 aliphatic rings. The van der Waals surface area contributed by atoms with E-state index in [2.05, 4.69) is 26.0 Å². The molecular formula is C17H19F2N. The highest BCUT2D eigenvalue weighted by atomic mass is 19.1. The van der Waals surface area contributed by atoms with Crippen molar-refractivity contribution in [2.45, 2.75) is 32.2 Å². The molecule has 2 aromatic carbocycles. The molecule has 0 bridgehead atoms. The first-order valence-electron chi connectivity index (χ1n) is 6.76. The lowest BCUT2D eigenvalue weighted by molar-refractivity contribution is 0.572. The lowest BCUT2D eigenvalue weighted by Crippen LogP contribution is -2.14. The minimum absolute atomic E-state index is 0.412. The Balaban J connectivity index is 2.12. The summed E-state index contributed by atoms with van der Waals surface area (Å²) < 4.78 is 26.3. The van der Waals surface area contributed by atoms with Gasteiger partial charge in [0.2, 0.25) is 0 Å². The molecular weight excluding hydrogens is 256 g/mol. The van der Waals surface area contributed by atoms with Crippen molar-refractivity contribution in [2.75, 3.05) is 0 Å². The minimum Gasteiger partial charge on any atom is -0.324 e. The maximum absolute atomic E-state index is 13.2. The zero-order valence-electron chi connectivity index (χ0n) is 11.7. The van der Waals surface area contributed by atoms with Gasteiger partial charge in [-0.15, -0.1) is 0 Å². The third-order valence-electron chi connectivity index (χ3n) is 3.42. The van der Waals surface area contributed by atoms with Gasteiger partial charge in [0.05, 0.1) is 0 Å². The van der Waals surface area contributed by atoms with Gasteiger partial charge in [0.15, 0.2) is 0 Å². The molecule has 20 heavy (non-hydrogen) atoms. The van der Waals surface area contributed by atoms with Gasteiger partial charge in [-0.2, -0.15) is 0 Å². The van der Waals surface area contributed by atoms with Crippen LogP contribution in [0.2, 0.25) is 0 Å². The molecule has 0 aromatic heterocycles. The fourth-order valence-electron chi connectivity index (χ4n) is 2.20. The molecule has 0 saturated carbocycles. The Hall–Kier alpha value is -1.74. The minimum atomic E-state index is -0.592. The maximum Gasteiger partial charge on any atom is 0.126 e. The van der Waals surface area contributed by atoms with E-state index in [0.717, 1.165) is 11.6 Å². The van der Waals surface area contributed by atoms with E-state index in [1.165, 1.54) is 17.7 Å². The summed E-state index contributed by atoms with van der Waals surface area (Å²) in [6, 6.07) is 11.2. The van der Waals surface area contributed by atoms with Crippen molar-refractivity contribution in [3.63, 3.8) is 0 Å². The van der Waals surface area contributed by atoms with Gasteiger partial charge in [-0.25, -0.2) is 8.78 Å². The Labute approximate surface area is 118 Å². The predicted molar refractivity (Wildman–Crippen MR) is 77.5 cm³/mol. The smallest absolute Gasteiger partial charge is 0.126 e. The van der Waals surface area contributed by atoms with Crippen molar-refractivity contribution < 1.29 is 8.78 Å². The van der Waals surface area contributed by atoms with Crippen LogP contribution >= 0.6 is 0 Å². The van der Waals surface area contributed by atoms with Crippen LogP contribution in [0.5, 0.6) is 0 Å². The Morgan fingerprint density at radius 1 is 0.900 bits per heavy atom. The number of nitrogens with two attached hydrogens (primary N) is 1. The zero-order chi connectivity index (χ0) is 14.7. The molecule has 2 N–H and O–H groups in total. The van der Waals surface area contributed by atoms with E-state index in [-0.39, 0.29) is 0 Å². The van der Waals surface area contributed by atoms with Crippen LogP contribution in [0, 0.1) is 11.6 Å². The Morgan fingerprint density at radius 3 is 1.95 bits per heavy atom. The van der Waals surface area contributed by atoms with Crippen molar-refractivity contribution in [2.24, 2.45) is 5.73 Å². The first-order valence-corrected chi connectivity index (χ1v) is 6.76. The van der Waals surface area contributed by atoms with Crippen LogP contribution in [0.15, 0.2) is 42.5 Å². The van der Waals surface area contributed by atoms with Crippen LogP contribution in [-0.4, -0.2) is 0 Å². The first-order chi connectivity index (χ1) is 9.45. The fraction of sp³-hybridized carbons (Fsp3) is 0.294. The van der Waals surface area contributed by atoms with Crippen molar-refractivity contribution in [3.05, 3.63) is 70.8 Å². The molecule has 1 unspecified atom stereocenters. The Morgan fingerprint density at radius 2 is 1.45 bits per heavy atom. The van der Waals surface area contributed by atoms with Gasteiger partial charge < -0.3 is 5.73 Å². The van der Waals surface area contributed by atoms with Gasteiger partial charge in [0, 0.05) is 12.1 Å². The third-order valence-corrected chi connectivity index (χ3v) is 3.42. The fourth-order valence-corrected chi connectivity index (χ4v) is 2.20. The summed E-state index contributed by atoms with van der Waals surface area (Å²) in [4.78, 5) is 0. The molecule has 1 atom stereocenters. The summed E-state index contributed by atoms with van der Waals surface area (Å²) in [7, 11) is 0. The molecule has 106 valence electrons. The molecule has 0 amide bonds. The van der Waals surface area contributed by atoms with Gasteiger partial charge in [-0.1, -0.05) is 38.1 Å². The largest absolute Gasteiger partial charge is 0.324 e. The second kappa shape index (κ2) is 6.14. The van der Waals surface area contributed by atoms with E-state index < -0.39 is 17.7 Å². The monoisotopic (exact) mass is 275 g/mol. The zero-order valence-corrected chi connectivity index (χ0v) is 11.7. The van der Waals surface area contributed by atoms with E-state index >= 15 is 0 Å². The van der Waals surface area contributed by atoms with Crippen molar-refractivity contribution in [1.29, 1.82) is 0 Å². The highest BCUT2D eigenvalue weighted by Gasteiger charge is 2.10. The average molecular weight is 275 g/mol. The number of benzene rings is 2. The molecule has 2 rings (SSSR count). The van der Waals surface area contributed by atoms with Gasteiger partial charge in [0.1, 0.15) is 11.6 Å². The number of hydrogen-bond acceptors (Lipinski definition) is 1. The van der Waals surface area contributed by atoms with Gasteiger partial charge >= 0.3 is 0 Å². The first kappa shape index (κ1) is 14.7. The molecule has 0 heterocycles. The quantitative estimate of drug-likeness (QED) is 0.883. The van der Waals surface area contributed by atoms with Crippen LogP contribution in [0.1, 0.15) is 42.5 Å². The number of hydrogen-bond donors (Lipinski definition) is 1. The highest BCUT2D eigenvalue weighted by molar-refractivity contribution is 5.28. The summed E-state index contributed by atoms with van der Waals surface area (Å²) in [6.07, 6.45) is 0.557. The predicted octanol–water partition coefficient (Wildman–Crippen LogP) is 4.33. The van der Waals surface area contributed by atoms with Crippen LogP contribution in [0.4, 0.5) is 8.78 Å². The van der Waals surface area contributed by atoms with Crippen molar-refractivity contribution >= 4 is 0 Å². The standard InChI is InChI=1S/C17H19F2N/c1-11(2)13-5-3-12(4-6-13)7-17(20)14-8-15(18)10-16(19)9-14/h3-6,8-11,17H,7,20H2,1-2H3. The summed E-state index contributed by atoms with van der Waals surface area (Å²) in [6.45, 7) is 4.27. The van der Waals surface area contributed by atoms with Crippen molar-refractivity contribution in [3.8, 4) is 0 Å². The van der Waals surface area contributed by atoms with Gasteiger partial charge in [-0.3, -0.25) is 0 Å². The highest BCUT2D eigenvalue weighted by Crippen LogP contribution is 2.20. The van der Waals surface area contributed by atoms with Gasteiger partial charge in [0.25, 0.3) is 0 Å². The van der Waals surface area contributed by atoms with Crippen LogP contribution in [0.25, 0.3) is 0 Å². The average Bonchev–Trinajstić information content (AvgIpc) is 2.38. The number of halogens is 2. The van der Waals surface area contributed by atoms with E-state index in [9.17, 15) is 8.78 Å². The van der Waals surface area contributed by atoms with E-state index in [0.29, 0.717) is 17.9 Å². The Bertz CT molecular complexity index is 556. The van der Waals surface area contributed by atoms with Crippen LogP contribution in [0.3, 0.4) is 0 Å². The van der Waals surface area contributed by atoms with Gasteiger partial charge in [-0.05, 0) is 41.2 Å². The van der Waals surface area contributed by atoms with E-state index in [1.807, 2.05) is 12.1 Å². The molecule has 2 aromatic rings. The van der Waals surface area contributed by atoms with Crippen LogP contribution < -0.4 is 5.73 Å². The van der Waals surface area contributed by atoms with Crippen molar-refractivity contribution in [1.82, 2.24) is 0 Å². The molecule has 0 aliphatic carbocycles. The van der Waals surface area contributed by atoms with E-state index in [4.69, 9.17) is 5.73 Å². The lowest BCUT2D eigenvalue weighted by Gasteiger charge is -2.13. The second-order valence-electron chi connectivity index (χ2n) is 5.41. The third kappa shape index (κ3) is 3.64. The van der Waals surface area contributed by atoms with E-state index in [1.54, 1.807) is 0 Å².